The summed E-state index contributed by atoms with van der Waals surface area (Å²) in [6, 6.07) is 21.4. The lowest BCUT2D eigenvalue weighted by Gasteiger charge is -2.29. The van der Waals surface area contributed by atoms with Crippen LogP contribution in [0.3, 0.4) is 0 Å². The van der Waals surface area contributed by atoms with Gasteiger partial charge >= 0.3 is 0 Å². The minimum absolute atomic E-state index is 0.188. The molecule has 0 aliphatic carbocycles. The van der Waals surface area contributed by atoms with Gasteiger partial charge in [0.15, 0.2) is 5.11 Å². The van der Waals surface area contributed by atoms with E-state index in [1.807, 2.05) is 67.7 Å². The lowest BCUT2D eigenvalue weighted by Crippen LogP contribution is -2.30. The Labute approximate surface area is 231 Å². The van der Waals surface area contributed by atoms with Gasteiger partial charge in [0.2, 0.25) is 0 Å². The summed E-state index contributed by atoms with van der Waals surface area (Å²) in [5, 5.41) is 5.32. The molecule has 1 saturated heterocycles. The molecular formula is C28H26Cl2N4O2S. The predicted molar refractivity (Wildman–Crippen MR) is 152 cm³/mol. The number of benzene rings is 2. The van der Waals surface area contributed by atoms with E-state index in [4.69, 9.17) is 44.9 Å². The molecule has 1 N–H and O–H groups in total. The zero-order valence-electron chi connectivity index (χ0n) is 20.4. The van der Waals surface area contributed by atoms with Gasteiger partial charge in [0.1, 0.15) is 18.4 Å². The zero-order valence-corrected chi connectivity index (χ0v) is 22.7. The largest absolute Gasteiger partial charge is 0.490 e. The van der Waals surface area contributed by atoms with Gasteiger partial charge in [0, 0.05) is 41.6 Å². The number of anilines is 1. The normalized spacial score (nSPS) is 17.2. The molecule has 0 radical (unpaired) electrons. The van der Waals surface area contributed by atoms with Gasteiger partial charge in [0.05, 0.1) is 23.4 Å². The van der Waals surface area contributed by atoms with Gasteiger partial charge in [-0.05, 0) is 85.4 Å². The number of hydrogen-bond donors (Lipinski definition) is 1. The number of hydrogen-bond acceptors (Lipinski definition) is 4. The van der Waals surface area contributed by atoms with E-state index < -0.39 is 0 Å². The van der Waals surface area contributed by atoms with E-state index in [1.54, 1.807) is 13.3 Å². The van der Waals surface area contributed by atoms with Crippen LogP contribution in [-0.4, -0.2) is 35.0 Å². The van der Waals surface area contributed by atoms with Crippen LogP contribution in [0.15, 0.2) is 79.1 Å². The Kier molecular flexibility index (Phi) is 7.67. The Bertz CT molecular complexity index is 1410. The molecule has 1 aliphatic rings. The Balaban J connectivity index is 1.59. The first-order chi connectivity index (χ1) is 18.0. The van der Waals surface area contributed by atoms with Gasteiger partial charge in [-0.25, -0.2) is 0 Å². The molecule has 190 valence electrons. The maximum absolute atomic E-state index is 6.63. The van der Waals surface area contributed by atoms with Gasteiger partial charge < -0.3 is 24.3 Å². The topological polar surface area (TPSA) is 51.6 Å². The molecule has 0 amide bonds. The summed E-state index contributed by atoms with van der Waals surface area (Å²) in [6.07, 6.45) is 3.84. The van der Waals surface area contributed by atoms with E-state index in [9.17, 15) is 0 Å². The van der Waals surface area contributed by atoms with Gasteiger partial charge in [-0.15, -0.1) is 0 Å². The van der Waals surface area contributed by atoms with E-state index >= 15 is 0 Å². The van der Waals surface area contributed by atoms with Crippen molar-refractivity contribution in [3.63, 3.8) is 0 Å². The molecule has 4 aromatic rings. The summed E-state index contributed by atoms with van der Waals surface area (Å²) < 4.78 is 13.0. The summed E-state index contributed by atoms with van der Waals surface area (Å²) in [6.45, 7) is 2.90. The number of halogens is 2. The molecule has 0 spiro atoms. The molecule has 0 bridgehead atoms. The average molecular weight is 554 g/mol. The van der Waals surface area contributed by atoms with Crippen molar-refractivity contribution in [2.45, 2.75) is 19.0 Å². The van der Waals surface area contributed by atoms with Crippen molar-refractivity contribution in [2.75, 3.05) is 25.2 Å². The van der Waals surface area contributed by atoms with Crippen LogP contribution in [0.25, 0.3) is 5.69 Å². The number of methoxy groups -OCH3 is 1. The molecule has 2 aromatic heterocycles. The Morgan fingerprint density at radius 2 is 1.81 bits per heavy atom. The van der Waals surface area contributed by atoms with Crippen molar-refractivity contribution in [3.8, 4) is 11.4 Å². The summed E-state index contributed by atoms with van der Waals surface area (Å²) in [4.78, 5) is 6.74. The third-order valence-electron chi connectivity index (χ3n) is 6.34. The summed E-state index contributed by atoms with van der Waals surface area (Å²) in [5.74, 6) is 0.596. The fourth-order valence-electron chi connectivity index (χ4n) is 4.57. The van der Waals surface area contributed by atoms with E-state index in [2.05, 4.69) is 31.9 Å². The maximum atomic E-state index is 6.63. The van der Waals surface area contributed by atoms with Crippen molar-refractivity contribution in [2.24, 2.45) is 0 Å². The summed E-state index contributed by atoms with van der Waals surface area (Å²) >= 11 is 18.8. The van der Waals surface area contributed by atoms with Crippen LogP contribution in [0.5, 0.6) is 5.75 Å². The molecule has 37 heavy (non-hydrogen) atoms. The molecule has 1 aliphatic heterocycles. The van der Waals surface area contributed by atoms with Gasteiger partial charge in [0.25, 0.3) is 0 Å². The second-order valence-corrected chi connectivity index (χ2v) is 9.89. The molecular weight excluding hydrogens is 527 g/mol. The van der Waals surface area contributed by atoms with E-state index in [0.29, 0.717) is 29.1 Å². The van der Waals surface area contributed by atoms with Crippen LogP contribution in [-0.2, 0) is 4.74 Å². The zero-order chi connectivity index (χ0) is 25.9. The van der Waals surface area contributed by atoms with Crippen LogP contribution >= 0.6 is 35.4 Å². The second-order valence-electron chi connectivity index (χ2n) is 8.69. The van der Waals surface area contributed by atoms with Crippen molar-refractivity contribution >= 4 is 46.2 Å². The number of pyridine rings is 1. The lowest BCUT2D eigenvalue weighted by atomic mass is 10.0. The molecule has 0 unspecified atom stereocenters. The smallest absolute Gasteiger partial charge is 0.174 e. The maximum Gasteiger partial charge on any atom is 0.174 e. The lowest BCUT2D eigenvalue weighted by molar-refractivity contribution is 0.146. The highest BCUT2D eigenvalue weighted by Crippen LogP contribution is 2.43. The van der Waals surface area contributed by atoms with E-state index in [1.165, 1.54) is 0 Å². The van der Waals surface area contributed by atoms with Crippen LogP contribution < -0.4 is 15.0 Å². The van der Waals surface area contributed by atoms with Crippen molar-refractivity contribution in [1.82, 2.24) is 14.9 Å². The van der Waals surface area contributed by atoms with Gasteiger partial charge in [-0.2, -0.15) is 0 Å². The highest BCUT2D eigenvalue weighted by molar-refractivity contribution is 7.80. The van der Waals surface area contributed by atoms with Crippen LogP contribution in [0.2, 0.25) is 10.0 Å². The molecule has 9 heteroatoms. The molecule has 0 saturated carbocycles. The first-order valence-corrected chi connectivity index (χ1v) is 13.0. The number of thiocarbonyl (C=S) groups is 1. The van der Waals surface area contributed by atoms with E-state index in [0.717, 1.165) is 33.3 Å². The van der Waals surface area contributed by atoms with Gasteiger partial charge in [-0.3, -0.25) is 4.98 Å². The Morgan fingerprint density at radius 1 is 0.973 bits per heavy atom. The highest BCUT2D eigenvalue weighted by atomic mass is 35.5. The molecule has 6 nitrogen and oxygen atoms in total. The van der Waals surface area contributed by atoms with Crippen molar-refractivity contribution < 1.29 is 9.47 Å². The third-order valence-corrected chi connectivity index (χ3v) is 7.37. The van der Waals surface area contributed by atoms with Crippen LogP contribution in [0.4, 0.5) is 5.69 Å². The fraction of sp³-hybridized carbons (Fsp3) is 0.214. The van der Waals surface area contributed by atoms with Crippen molar-refractivity contribution in [1.29, 1.82) is 0 Å². The standard InChI is InChI=1S/C28H26Cl2N4O2S/c1-18-16-19(8-10-21(18)29)33-13-5-7-24(33)27-26(23-6-3-4-12-31-23)32-28(37)34(27)20-9-11-25(22(30)17-20)36-15-14-35-2/h3-13,16-17,26-27H,14-15H2,1-2H3,(H,32,37)/t26-,27-/m0/s1. The predicted octanol–water partition coefficient (Wildman–Crippen LogP) is 6.69. The first kappa shape index (κ1) is 25.5. The average Bonchev–Trinajstić information content (AvgIpc) is 3.51. The van der Waals surface area contributed by atoms with E-state index in [-0.39, 0.29) is 12.1 Å². The summed E-state index contributed by atoms with van der Waals surface area (Å²) in [5.41, 5.74) is 4.81. The third kappa shape index (κ3) is 5.18. The minimum atomic E-state index is -0.204. The monoisotopic (exact) mass is 552 g/mol. The van der Waals surface area contributed by atoms with Crippen LogP contribution in [0.1, 0.15) is 29.0 Å². The van der Waals surface area contributed by atoms with Crippen molar-refractivity contribution in [3.05, 3.63) is 106 Å². The first-order valence-electron chi connectivity index (χ1n) is 11.8. The number of aromatic nitrogens is 2. The van der Waals surface area contributed by atoms with Crippen LogP contribution in [0, 0.1) is 6.92 Å². The highest BCUT2D eigenvalue weighted by Gasteiger charge is 2.42. The molecule has 1 fully saturated rings. The number of nitrogens with one attached hydrogen (secondary N) is 1. The fourth-order valence-corrected chi connectivity index (χ4v) is 5.27. The minimum Gasteiger partial charge on any atom is -0.490 e. The molecule has 2 aromatic carbocycles. The van der Waals surface area contributed by atoms with Gasteiger partial charge in [-0.1, -0.05) is 29.3 Å². The second kappa shape index (κ2) is 11.1. The SMILES string of the molecule is COCCOc1ccc(N2C(=S)N[C@@H](c3ccccn3)[C@@H]2c2cccn2-c2ccc(Cl)c(C)c2)cc1Cl. The number of aryl methyl sites for hydroxylation is 1. The molecule has 5 rings (SSSR count). The molecule has 2 atom stereocenters. The Morgan fingerprint density at radius 3 is 2.54 bits per heavy atom. The number of ether oxygens (including phenoxy) is 2. The molecule has 3 heterocycles. The quantitative estimate of drug-likeness (QED) is 0.194. The Hall–Kier alpha value is -3.10. The number of nitrogens with zero attached hydrogens (tertiary/aromatic N) is 3. The number of rotatable bonds is 8. The summed E-state index contributed by atoms with van der Waals surface area (Å²) in [7, 11) is 1.63.